The third-order valence-electron chi connectivity index (χ3n) is 3.20. The molecule has 0 saturated heterocycles. The zero-order valence-corrected chi connectivity index (χ0v) is 11.6. The maximum absolute atomic E-state index is 10.4. The molecule has 3 aromatic rings. The first-order valence-corrected chi connectivity index (χ1v) is 6.98. The monoisotopic (exact) mass is 270 g/mol. The Labute approximate surface area is 115 Å². The van der Waals surface area contributed by atoms with Gasteiger partial charge in [-0.3, -0.25) is 4.98 Å². The second kappa shape index (κ2) is 4.72. The van der Waals surface area contributed by atoms with Crippen molar-refractivity contribution in [3.63, 3.8) is 0 Å². The summed E-state index contributed by atoms with van der Waals surface area (Å²) >= 11 is 1.48. The minimum atomic E-state index is -0.613. The number of aliphatic hydroxyl groups is 1. The average Bonchev–Trinajstić information content (AvgIpc) is 2.83. The van der Waals surface area contributed by atoms with Crippen molar-refractivity contribution in [2.75, 3.05) is 0 Å². The van der Waals surface area contributed by atoms with E-state index in [9.17, 15) is 5.11 Å². The van der Waals surface area contributed by atoms with Crippen molar-refractivity contribution >= 4 is 22.2 Å². The standard InChI is InChI=1S/C15H14N2OS/c1-9-3-4-11-7-12(5-6-13(11)17-9)14(18)15-10(2)16-8-19-15/h3-8,14,18H,1-2H3. The average molecular weight is 270 g/mol. The highest BCUT2D eigenvalue weighted by Gasteiger charge is 2.15. The third-order valence-corrected chi connectivity index (χ3v) is 4.18. The second-order valence-corrected chi connectivity index (χ2v) is 5.50. The van der Waals surface area contributed by atoms with Crippen molar-refractivity contribution in [2.45, 2.75) is 20.0 Å². The maximum Gasteiger partial charge on any atom is 0.115 e. The summed E-state index contributed by atoms with van der Waals surface area (Å²) in [6.45, 7) is 3.89. The van der Waals surface area contributed by atoms with Crippen molar-refractivity contribution in [3.05, 3.63) is 57.7 Å². The molecule has 4 heteroatoms. The predicted octanol–water partition coefficient (Wildman–Crippen LogP) is 3.39. The molecule has 2 heterocycles. The van der Waals surface area contributed by atoms with E-state index in [0.29, 0.717) is 0 Å². The molecule has 1 aromatic carbocycles. The van der Waals surface area contributed by atoms with E-state index >= 15 is 0 Å². The fraction of sp³-hybridized carbons (Fsp3) is 0.200. The van der Waals surface area contributed by atoms with Crippen LogP contribution in [0.25, 0.3) is 10.9 Å². The Bertz CT molecular complexity index is 736. The van der Waals surface area contributed by atoms with E-state index in [0.717, 1.165) is 32.7 Å². The van der Waals surface area contributed by atoms with Gasteiger partial charge in [0.25, 0.3) is 0 Å². The smallest absolute Gasteiger partial charge is 0.115 e. The summed E-state index contributed by atoms with van der Waals surface area (Å²) in [5.74, 6) is 0. The van der Waals surface area contributed by atoms with E-state index < -0.39 is 6.10 Å². The van der Waals surface area contributed by atoms with Crippen molar-refractivity contribution in [1.82, 2.24) is 9.97 Å². The van der Waals surface area contributed by atoms with Crippen LogP contribution in [0.3, 0.4) is 0 Å². The number of rotatable bonds is 2. The Morgan fingerprint density at radius 1 is 1.16 bits per heavy atom. The number of fused-ring (bicyclic) bond motifs is 1. The number of thiazole rings is 1. The Kier molecular flexibility index (Phi) is 3.05. The number of benzene rings is 1. The number of nitrogens with zero attached hydrogens (tertiary/aromatic N) is 2. The van der Waals surface area contributed by atoms with E-state index in [4.69, 9.17) is 0 Å². The lowest BCUT2D eigenvalue weighted by molar-refractivity contribution is 0.223. The molecule has 1 N–H and O–H groups in total. The summed E-state index contributed by atoms with van der Waals surface area (Å²) in [7, 11) is 0. The zero-order chi connectivity index (χ0) is 13.4. The van der Waals surface area contributed by atoms with Crippen LogP contribution in [0.4, 0.5) is 0 Å². The first-order valence-electron chi connectivity index (χ1n) is 6.10. The zero-order valence-electron chi connectivity index (χ0n) is 10.8. The highest BCUT2D eigenvalue weighted by molar-refractivity contribution is 7.09. The van der Waals surface area contributed by atoms with Gasteiger partial charge in [-0.25, -0.2) is 4.98 Å². The molecule has 0 radical (unpaired) electrons. The summed E-state index contributed by atoms with van der Waals surface area (Å²) in [6.07, 6.45) is -0.613. The molecular weight excluding hydrogens is 256 g/mol. The van der Waals surface area contributed by atoms with Crippen LogP contribution in [-0.2, 0) is 0 Å². The molecular formula is C15H14N2OS. The first kappa shape index (κ1) is 12.3. The van der Waals surface area contributed by atoms with Gasteiger partial charge >= 0.3 is 0 Å². The highest BCUT2D eigenvalue weighted by Crippen LogP contribution is 2.29. The van der Waals surface area contributed by atoms with Gasteiger partial charge in [-0.1, -0.05) is 12.1 Å². The van der Waals surface area contributed by atoms with Gasteiger partial charge in [-0.2, -0.15) is 0 Å². The van der Waals surface area contributed by atoms with Gasteiger partial charge in [0, 0.05) is 11.1 Å². The van der Waals surface area contributed by atoms with Crippen molar-refractivity contribution in [2.24, 2.45) is 0 Å². The van der Waals surface area contributed by atoms with Gasteiger partial charge in [0.05, 0.1) is 21.6 Å². The summed E-state index contributed by atoms with van der Waals surface area (Å²) in [4.78, 5) is 9.55. The van der Waals surface area contributed by atoms with Crippen LogP contribution in [0, 0.1) is 13.8 Å². The molecule has 1 unspecified atom stereocenters. The fourth-order valence-electron chi connectivity index (χ4n) is 2.14. The van der Waals surface area contributed by atoms with Crippen LogP contribution >= 0.6 is 11.3 Å². The fourth-order valence-corrected chi connectivity index (χ4v) is 2.95. The minimum Gasteiger partial charge on any atom is -0.383 e. The molecule has 0 amide bonds. The van der Waals surface area contributed by atoms with Gasteiger partial charge in [-0.05, 0) is 37.6 Å². The van der Waals surface area contributed by atoms with E-state index in [-0.39, 0.29) is 0 Å². The van der Waals surface area contributed by atoms with Crippen LogP contribution in [0.1, 0.15) is 27.9 Å². The molecule has 19 heavy (non-hydrogen) atoms. The molecule has 0 aliphatic carbocycles. The lowest BCUT2D eigenvalue weighted by atomic mass is 10.0. The quantitative estimate of drug-likeness (QED) is 0.776. The lowest BCUT2D eigenvalue weighted by Gasteiger charge is -2.11. The minimum absolute atomic E-state index is 0.613. The molecule has 1 atom stereocenters. The van der Waals surface area contributed by atoms with Crippen molar-refractivity contribution < 1.29 is 5.11 Å². The molecule has 3 nitrogen and oxygen atoms in total. The summed E-state index contributed by atoms with van der Waals surface area (Å²) < 4.78 is 0. The van der Waals surface area contributed by atoms with Gasteiger partial charge in [0.1, 0.15) is 6.10 Å². The topological polar surface area (TPSA) is 46.0 Å². The molecule has 2 aromatic heterocycles. The van der Waals surface area contributed by atoms with E-state index in [1.165, 1.54) is 11.3 Å². The lowest BCUT2D eigenvalue weighted by Crippen LogP contribution is -1.99. The molecule has 0 aliphatic rings. The van der Waals surface area contributed by atoms with Crippen LogP contribution in [0.5, 0.6) is 0 Å². The Balaban J connectivity index is 2.06. The molecule has 0 fully saturated rings. The summed E-state index contributed by atoms with van der Waals surface area (Å²) in [6, 6.07) is 9.89. The van der Waals surface area contributed by atoms with Crippen LogP contribution in [0.15, 0.2) is 35.8 Å². The van der Waals surface area contributed by atoms with Gasteiger partial charge in [0.15, 0.2) is 0 Å². The summed E-state index contributed by atoms with van der Waals surface area (Å²) in [5, 5.41) is 11.5. The second-order valence-electron chi connectivity index (χ2n) is 4.61. The molecule has 3 rings (SSSR count). The normalized spacial score (nSPS) is 12.8. The van der Waals surface area contributed by atoms with E-state index in [1.807, 2.05) is 44.2 Å². The first-order chi connectivity index (χ1) is 9.15. The number of pyridine rings is 1. The number of aliphatic hydroxyl groups excluding tert-OH is 1. The number of aryl methyl sites for hydroxylation is 2. The van der Waals surface area contributed by atoms with Crippen LogP contribution in [0.2, 0.25) is 0 Å². The SMILES string of the molecule is Cc1ccc2cc(C(O)c3scnc3C)ccc2n1. The van der Waals surface area contributed by atoms with E-state index in [2.05, 4.69) is 9.97 Å². The Morgan fingerprint density at radius 2 is 2.00 bits per heavy atom. The number of aromatic nitrogens is 2. The molecule has 0 aliphatic heterocycles. The predicted molar refractivity (Wildman–Crippen MR) is 77.4 cm³/mol. The Morgan fingerprint density at radius 3 is 2.74 bits per heavy atom. The molecule has 0 spiro atoms. The maximum atomic E-state index is 10.4. The molecule has 96 valence electrons. The van der Waals surface area contributed by atoms with Crippen molar-refractivity contribution in [1.29, 1.82) is 0 Å². The third kappa shape index (κ3) is 2.25. The summed E-state index contributed by atoms with van der Waals surface area (Å²) in [5.41, 5.74) is 5.49. The van der Waals surface area contributed by atoms with Gasteiger partial charge in [-0.15, -0.1) is 11.3 Å². The Hall–Kier alpha value is -1.78. The largest absolute Gasteiger partial charge is 0.383 e. The van der Waals surface area contributed by atoms with Crippen molar-refractivity contribution in [3.8, 4) is 0 Å². The number of hydrogen-bond donors (Lipinski definition) is 1. The number of hydrogen-bond acceptors (Lipinski definition) is 4. The molecule has 0 saturated carbocycles. The van der Waals surface area contributed by atoms with Gasteiger partial charge < -0.3 is 5.11 Å². The highest BCUT2D eigenvalue weighted by atomic mass is 32.1. The van der Waals surface area contributed by atoms with Gasteiger partial charge in [0.2, 0.25) is 0 Å². The van der Waals surface area contributed by atoms with Crippen LogP contribution in [-0.4, -0.2) is 15.1 Å². The molecule has 0 bridgehead atoms. The van der Waals surface area contributed by atoms with E-state index in [1.54, 1.807) is 5.51 Å². The van der Waals surface area contributed by atoms with Crippen LogP contribution < -0.4 is 0 Å².